The number of nitrogens with zero attached hydrogens (tertiary/aromatic N) is 2. The van der Waals surface area contributed by atoms with E-state index in [1.165, 1.54) is 11.0 Å². The molecule has 0 aromatic heterocycles. The lowest BCUT2D eigenvalue weighted by Gasteiger charge is -2.36. The first kappa shape index (κ1) is 26.1. The summed E-state index contributed by atoms with van der Waals surface area (Å²) in [6.45, 7) is 2.81. The Morgan fingerprint density at radius 2 is 1.76 bits per heavy atom. The Morgan fingerprint density at radius 3 is 2.46 bits per heavy atom. The lowest BCUT2D eigenvalue weighted by molar-refractivity contribution is -0.137. The largest absolute Gasteiger partial charge is 0.497 e. The van der Waals surface area contributed by atoms with Gasteiger partial charge in [-0.1, -0.05) is 30.3 Å². The number of rotatable bonds is 7. The molecule has 4 rings (SSSR count). The van der Waals surface area contributed by atoms with Gasteiger partial charge in [0.25, 0.3) is 0 Å². The molecule has 1 aliphatic heterocycles. The normalized spacial score (nSPS) is 14.0. The highest BCUT2D eigenvalue weighted by Gasteiger charge is 2.32. The van der Waals surface area contributed by atoms with Crippen molar-refractivity contribution < 1.29 is 27.5 Å². The van der Waals surface area contributed by atoms with E-state index in [0.29, 0.717) is 42.2 Å². The van der Waals surface area contributed by atoms with Gasteiger partial charge < -0.3 is 15.0 Å². The SMILES string of the molecule is COc1ccc(CC(=O)Nc2cc(C)ccc2N2CCCN(Cc3cccc(C(F)(F)F)c3)C2=O)cc1. The molecule has 194 valence electrons. The molecule has 0 atom stereocenters. The zero-order chi connectivity index (χ0) is 26.6. The van der Waals surface area contributed by atoms with Crippen molar-refractivity contribution in [1.29, 1.82) is 0 Å². The van der Waals surface area contributed by atoms with Gasteiger partial charge in [-0.3, -0.25) is 9.69 Å². The highest BCUT2D eigenvalue weighted by atomic mass is 19.4. The lowest BCUT2D eigenvalue weighted by atomic mass is 10.1. The van der Waals surface area contributed by atoms with E-state index in [1.54, 1.807) is 42.3 Å². The second-order valence-corrected chi connectivity index (χ2v) is 9.00. The van der Waals surface area contributed by atoms with Crippen molar-refractivity contribution in [3.05, 3.63) is 89.0 Å². The van der Waals surface area contributed by atoms with Crippen molar-refractivity contribution in [1.82, 2.24) is 4.90 Å². The Balaban J connectivity index is 1.51. The van der Waals surface area contributed by atoms with Crippen molar-refractivity contribution in [2.24, 2.45) is 0 Å². The Morgan fingerprint density at radius 1 is 1.00 bits per heavy atom. The van der Waals surface area contributed by atoms with Gasteiger partial charge in [0.2, 0.25) is 5.91 Å². The summed E-state index contributed by atoms with van der Waals surface area (Å²) >= 11 is 0. The Kier molecular flexibility index (Phi) is 7.71. The van der Waals surface area contributed by atoms with Crippen molar-refractivity contribution >= 4 is 23.3 Å². The summed E-state index contributed by atoms with van der Waals surface area (Å²) in [4.78, 5) is 29.3. The van der Waals surface area contributed by atoms with Gasteiger partial charge in [0.15, 0.2) is 0 Å². The summed E-state index contributed by atoms with van der Waals surface area (Å²) in [6, 6.07) is 17.3. The number of carbonyl (C=O) groups is 2. The average molecular weight is 512 g/mol. The first-order valence-electron chi connectivity index (χ1n) is 11.9. The molecule has 37 heavy (non-hydrogen) atoms. The fourth-order valence-corrected chi connectivity index (χ4v) is 4.33. The zero-order valence-electron chi connectivity index (χ0n) is 20.6. The molecule has 1 saturated heterocycles. The van der Waals surface area contributed by atoms with E-state index in [0.717, 1.165) is 23.3 Å². The van der Waals surface area contributed by atoms with E-state index in [2.05, 4.69) is 5.32 Å². The predicted molar refractivity (Wildman–Crippen MR) is 136 cm³/mol. The molecular formula is C28H28F3N3O3. The van der Waals surface area contributed by atoms with Gasteiger partial charge in [-0.2, -0.15) is 13.2 Å². The molecule has 1 aliphatic rings. The van der Waals surface area contributed by atoms with Gasteiger partial charge in [0, 0.05) is 19.6 Å². The Bertz CT molecular complexity index is 1280. The molecule has 3 amide bonds. The smallest absolute Gasteiger partial charge is 0.416 e. The van der Waals surface area contributed by atoms with E-state index in [9.17, 15) is 22.8 Å². The highest BCUT2D eigenvalue weighted by molar-refractivity contribution is 6.01. The van der Waals surface area contributed by atoms with Crippen LogP contribution in [0, 0.1) is 6.92 Å². The number of hydrogen-bond acceptors (Lipinski definition) is 3. The maximum Gasteiger partial charge on any atom is 0.416 e. The molecule has 0 spiro atoms. The number of anilines is 2. The number of ether oxygens (including phenoxy) is 1. The molecule has 1 heterocycles. The first-order chi connectivity index (χ1) is 17.6. The van der Waals surface area contributed by atoms with Gasteiger partial charge in [-0.15, -0.1) is 0 Å². The van der Waals surface area contributed by atoms with Crippen LogP contribution in [-0.4, -0.2) is 37.0 Å². The maximum absolute atomic E-state index is 13.4. The molecule has 3 aromatic carbocycles. The molecule has 0 aliphatic carbocycles. The summed E-state index contributed by atoms with van der Waals surface area (Å²) in [5.41, 5.74) is 2.44. The molecule has 6 nitrogen and oxygen atoms in total. The third-order valence-corrected chi connectivity index (χ3v) is 6.18. The molecule has 3 aromatic rings. The molecular weight excluding hydrogens is 483 g/mol. The van der Waals surface area contributed by atoms with Crippen LogP contribution in [0.1, 0.15) is 28.7 Å². The monoisotopic (exact) mass is 511 g/mol. The number of methoxy groups -OCH3 is 1. The average Bonchev–Trinajstić information content (AvgIpc) is 2.86. The van der Waals surface area contributed by atoms with Crippen LogP contribution < -0.4 is 15.0 Å². The van der Waals surface area contributed by atoms with Gasteiger partial charge in [0.1, 0.15) is 5.75 Å². The summed E-state index contributed by atoms with van der Waals surface area (Å²) in [5.74, 6) is 0.464. The van der Waals surface area contributed by atoms with Crippen LogP contribution in [0.4, 0.5) is 29.3 Å². The van der Waals surface area contributed by atoms with Crippen LogP contribution in [0.5, 0.6) is 5.75 Å². The van der Waals surface area contributed by atoms with Gasteiger partial charge in [-0.05, 0) is 66.4 Å². The van der Waals surface area contributed by atoms with Crippen LogP contribution in [0.25, 0.3) is 0 Å². The van der Waals surface area contributed by atoms with Crippen molar-refractivity contribution in [2.75, 3.05) is 30.4 Å². The van der Waals surface area contributed by atoms with Gasteiger partial charge >= 0.3 is 12.2 Å². The van der Waals surface area contributed by atoms with Crippen molar-refractivity contribution in [2.45, 2.75) is 32.5 Å². The van der Waals surface area contributed by atoms with E-state index >= 15 is 0 Å². The zero-order valence-corrected chi connectivity index (χ0v) is 20.6. The number of urea groups is 1. The van der Waals surface area contributed by atoms with E-state index < -0.39 is 11.7 Å². The maximum atomic E-state index is 13.4. The van der Waals surface area contributed by atoms with Gasteiger partial charge in [-0.25, -0.2) is 4.79 Å². The van der Waals surface area contributed by atoms with Crippen LogP contribution in [0.15, 0.2) is 66.7 Å². The van der Waals surface area contributed by atoms with Crippen LogP contribution in [0.2, 0.25) is 0 Å². The fraction of sp³-hybridized carbons (Fsp3) is 0.286. The minimum absolute atomic E-state index is 0.0598. The second-order valence-electron chi connectivity index (χ2n) is 9.00. The summed E-state index contributed by atoms with van der Waals surface area (Å²) in [5, 5.41) is 2.93. The number of benzene rings is 3. The molecule has 0 bridgehead atoms. The third kappa shape index (κ3) is 6.41. The lowest BCUT2D eigenvalue weighted by Crippen LogP contribution is -2.49. The molecule has 0 radical (unpaired) electrons. The predicted octanol–water partition coefficient (Wildman–Crippen LogP) is 6.04. The number of carbonyl (C=O) groups excluding carboxylic acids is 2. The quantitative estimate of drug-likeness (QED) is 0.421. The number of nitrogens with one attached hydrogen (secondary N) is 1. The number of amides is 3. The fourth-order valence-electron chi connectivity index (χ4n) is 4.33. The Labute approximate surface area is 213 Å². The number of halogens is 3. The molecule has 1 fully saturated rings. The van der Waals surface area contributed by atoms with E-state index in [-0.39, 0.29) is 24.9 Å². The molecule has 0 unspecified atom stereocenters. The number of hydrogen-bond donors (Lipinski definition) is 1. The van der Waals surface area contributed by atoms with Crippen molar-refractivity contribution in [3.63, 3.8) is 0 Å². The summed E-state index contributed by atoms with van der Waals surface area (Å²) in [6.07, 6.45) is -3.67. The van der Waals surface area contributed by atoms with Crippen LogP contribution in [0.3, 0.4) is 0 Å². The summed E-state index contributed by atoms with van der Waals surface area (Å²) in [7, 11) is 1.57. The molecule has 1 N–H and O–H groups in total. The first-order valence-corrected chi connectivity index (χ1v) is 11.9. The highest BCUT2D eigenvalue weighted by Crippen LogP contribution is 2.32. The topological polar surface area (TPSA) is 61.9 Å². The third-order valence-electron chi connectivity index (χ3n) is 6.18. The van der Waals surface area contributed by atoms with Crippen molar-refractivity contribution in [3.8, 4) is 5.75 Å². The Hall–Kier alpha value is -4.01. The summed E-state index contributed by atoms with van der Waals surface area (Å²) < 4.78 is 44.5. The standard InChI is InChI=1S/C28H28F3N3O3/c1-19-7-12-25(24(15-19)32-26(35)17-20-8-10-23(37-2)11-9-20)34-14-4-13-33(27(34)36)18-21-5-3-6-22(16-21)28(29,30)31/h3,5-12,15-16H,4,13-14,17-18H2,1-2H3,(H,32,35). The van der Waals surface area contributed by atoms with Crippen LogP contribution in [-0.2, 0) is 23.9 Å². The minimum atomic E-state index is -4.45. The molecule has 9 heteroatoms. The number of aryl methyl sites for hydroxylation is 1. The van der Waals surface area contributed by atoms with E-state index in [1.807, 2.05) is 25.1 Å². The molecule has 0 saturated carbocycles. The van der Waals surface area contributed by atoms with Gasteiger partial charge in [0.05, 0.1) is 30.5 Å². The minimum Gasteiger partial charge on any atom is -0.497 e. The van der Waals surface area contributed by atoms with Crippen LogP contribution >= 0.6 is 0 Å². The second kappa shape index (κ2) is 10.9. The van der Waals surface area contributed by atoms with E-state index in [4.69, 9.17) is 4.74 Å². The number of alkyl halides is 3.